The van der Waals surface area contributed by atoms with Gasteiger partial charge in [0.15, 0.2) is 5.82 Å². The van der Waals surface area contributed by atoms with Crippen molar-refractivity contribution in [1.82, 2.24) is 24.6 Å². The highest BCUT2D eigenvalue weighted by Crippen LogP contribution is 2.15. The smallest absolute Gasteiger partial charge is 0.320 e. The van der Waals surface area contributed by atoms with Gasteiger partial charge in [-0.2, -0.15) is 0 Å². The van der Waals surface area contributed by atoms with Crippen LogP contribution in [0.1, 0.15) is 31.5 Å². The molecule has 0 bridgehead atoms. The zero-order valence-corrected chi connectivity index (χ0v) is 10.6. The fourth-order valence-corrected chi connectivity index (χ4v) is 2.69. The van der Waals surface area contributed by atoms with Gasteiger partial charge in [-0.25, -0.2) is 4.79 Å². The van der Waals surface area contributed by atoms with Gasteiger partial charge in [0.2, 0.25) is 0 Å². The zero-order valence-electron chi connectivity index (χ0n) is 10.6. The summed E-state index contributed by atoms with van der Waals surface area (Å²) in [5.74, 6) is 0.893. The molecular weight excluding hydrogens is 230 g/mol. The van der Waals surface area contributed by atoms with Crippen LogP contribution < -0.4 is 0 Å². The maximum atomic E-state index is 12.4. The minimum atomic E-state index is 0.172. The normalized spacial score (nSPS) is 20.4. The SMILES string of the molecule is O=C(N1CCCCCC1)N1CCn2cnnc2C1. The molecule has 0 spiro atoms. The molecule has 2 aliphatic heterocycles. The average molecular weight is 249 g/mol. The molecule has 0 atom stereocenters. The molecule has 2 aliphatic rings. The summed E-state index contributed by atoms with van der Waals surface area (Å²) in [7, 11) is 0. The Morgan fingerprint density at radius 3 is 2.56 bits per heavy atom. The van der Waals surface area contributed by atoms with E-state index in [9.17, 15) is 4.79 Å². The van der Waals surface area contributed by atoms with Crippen LogP contribution in [-0.4, -0.2) is 50.2 Å². The first-order valence-electron chi connectivity index (χ1n) is 6.75. The quantitative estimate of drug-likeness (QED) is 0.691. The Hall–Kier alpha value is -1.59. The van der Waals surface area contributed by atoms with Crippen LogP contribution in [0.2, 0.25) is 0 Å². The molecule has 1 aromatic rings. The lowest BCUT2D eigenvalue weighted by atomic mass is 10.2. The predicted octanol–water partition coefficient (Wildman–Crippen LogP) is 1.09. The molecule has 0 aromatic carbocycles. The third-order valence-corrected chi connectivity index (χ3v) is 3.79. The van der Waals surface area contributed by atoms with Gasteiger partial charge in [0, 0.05) is 26.2 Å². The number of urea groups is 1. The minimum absolute atomic E-state index is 0.172. The Morgan fingerprint density at radius 1 is 1.00 bits per heavy atom. The molecule has 6 nitrogen and oxygen atoms in total. The van der Waals surface area contributed by atoms with Crippen molar-refractivity contribution in [2.24, 2.45) is 0 Å². The Morgan fingerprint density at radius 2 is 1.78 bits per heavy atom. The van der Waals surface area contributed by atoms with Gasteiger partial charge in [-0.05, 0) is 12.8 Å². The summed E-state index contributed by atoms with van der Waals surface area (Å²) in [5, 5.41) is 7.94. The largest absolute Gasteiger partial charge is 0.325 e. The number of nitrogens with zero attached hydrogens (tertiary/aromatic N) is 5. The standard InChI is InChI=1S/C12H19N5O/c18-12(15-5-3-1-2-4-6-15)16-7-8-17-10-13-14-11(17)9-16/h10H,1-9H2. The summed E-state index contributed by atoms with van der Waals surface area (Å²) in [6, 6.07) is 0.172. The van der Waals surface area contributed by atoms with Gasteiger partial charge in [-0.1, -0.05) is 12.8 Å². The summed E-state index contributed by atoms with van der Waals surface area (Å²) in [6.45, 7) is 3.97. The molecular formula is C12H19N5O. The number of aromatic nitrogens is 3. The van der Waals surface area contributed by atoms with Gasteiger partial charge >= 0.3 is 6.03 Å². The lowest BCUT2D eigenvalue weighted by Gasteiger charge is -2.32. The Labute approximate surface area is 107 Å². The monoisotopic (exact) mass is 249 g/mol. The number of likely N-dealkylation sites (tertiary alicyclic amines) is 1. The molecule has 0 aliphatic carbocycles. The fourth-order valence-electron chi connectivity index (χ4n) is 2.69. The maximum absolute atomic E-state index is 12.4. The van der Waals surface area contributed by atoms with Crippen molar-refractivity contribution in [2.75, 3.05) is 19.6 Å². The van der Waals surface area contributed by atoms with E-state index in [2.05, 4.69) is 10.2 Å². The number of hydrogen-bond acceptors (Lipinski definition) is 3. The molecule has 1 aromatic heterocycles. The average Bonchev–Trinajstić information content (AvgIpc) is 2.69. The fraction of sp³-hybridized carbons (Fsp3) is 0.750. The molecule has 0 unspecified atom stereocenters. The Bertz CT molecular complexity index is 422. The summed E-state index contributed by atoms with van der Waals surface area (Å²) < 4.78 is 2.02. The third-order valence-electron chi connectivity index (χ3n) is 3.79. The van der Waals surface area contributed by atoms with Gasteiger partial charge < -0.3 is 14.4 Å². The van der Waals surface area contributed by atoms with Gasteiger partial charge in [-0.3, -0.25) is 0 Å². The van der Waals surface area contributed by atoms with Crippen molar-refractivity contribution in [2.45, 2.75) is 38.8 Å². The van der Waals surface area contributed by atoms with Crippen LogP contribution in [0.4, 0.5) is 4.79 Å². The summed E-state index contributed by atoms with van der Waals surface area (Å²) in [5.41, 5.74) is 0. The number of rotatable bonds is 0. The molecule has 0 radical (unpaired) electrons. The molecule has 18 heavy (non-hydrogen) atoms. The van der Waals surface area contributed by atoms with Crippen molar-refractivity contribution < 1.29 is 4.79 Å². The highest BCUT2D eigenvalue weighted by Gasteiger charge is 2.26. The third kappa shape index (κ3) is 2.19. The number of amides is 2. The second kappa shape index (κ2) is 4.96. The van der Waals surface area contributed by atoms with Gasteiger partial charge in [0.05, 0.1) is 6.54 Å². The van der Waals surface area contributed by atoms with Crippen LogP contribution in [0, 0.1) is 0 Å². The van der Waals surface area contributed by atoms with E-state index >= 15 is 0 Å². The number of hydrogen-bond donors (Lipinski definition) is 0. The zero-order chi connectivity index (χ0) is 12.4. The van der Waals surface area contributed by atoms with Gasteiger partial charge in [0.25, 0.3) is 0 Å². The Balaban J connectivity index is 1.66. The van der Waals surface area contributed by atoms with Crippen LogP contribution in [0.5, 0.6) is 0 Å². The van der Waals surface area contributed by atoms with E-state index in [1.807, 2.05) is 14.4 Å². The summed E-state index contributed by atoms with van der Waals surface area (Å²) in [6.07, 6.45) is 6.50. The lowest BCUT2D eigenvalue weighted by Crippen LogP contribution is -2.46. The van der Waals surface area contributed by atoms with E-state index in [0.29, 0.717) is 6.54 Å². The van der Waals surface area contributed by atoms with Crippen molar-refractivity contribution in [3.8, 4) is 0 Å². The van der Waals surface area contributed by atoms with Crippen LogP contribution >= 0.6 is 0 Å². The van der Waals surface area contributed by atoms with E-state index in [1.54, 1.807) is 6.33 Å². The van der Waals surface area contributed by atoms with Gasteiger partial charge in [0.1, 0.15) is 6.33 Å². The molecule has 1 fully saturated rings. The van der Waals surface area contributed by atoms with E-state index in [4.69, 9.17) is 0 Å². The molecule has 0 saturated carbocycles. The minimum Gasteiger partial charge on any atom is -0.325 e. The second-order valence-corrected chi connectivity index (χ2v) is 5.05. The first-order valence-corrected chi connectivity index (χ1v) is 6.75. The van der Waals surface area contributed by atoms with E-state index < -0.39 is 0 Å². The molecule has 2 amide bonds. The van der Waals surface area contributed by atoms with E-state index in [1.165, 1.54) is 12.8 Å². The highest BCUT2D eigenvalue weighted by atomic mass is 16.2. The van der Waals surface area contributed by atoms with Crippen molar-refractivity contribution in [3.05, 3.63) is 12.2 Å². The summed E-state index contributed by atoms with van der Waals surface area (Å²) >= 11 is 0. The lowest BCUT2D eigenvalue weighted by molar-refractivity contribution is 0.141. The molecule has 3 rings (SSSR count). The van der Waals surface area contributed by atoms with Crippen molar-refractivity contribution >= 4 is 6.03 Å². The molecule has 6 heteroatoms. The predicted molar refractivity (Wildman–Crippen MR) is 65.9 cm³/mol. The molecule has 3 heterocycles. The number of carbonyl (C=O) groups excluding carboxylic acids is 1. The van der Waals surface area contributed by atoms with Gasteiger partial charge in [-0.15, -0.1) is 10.2 Å². The van der Waals surface area contributed by atoms with Crippen molar-refractivity contribution in [1.29, 1.82) is 0 Å². The highest BCUT2D eigenvalue weighted by molar-refractivity contribution is 5.74. The Kier molecular flexibility index (Phi) is 3.17. The van der Waals surface area contributed by atoms with Crippen molar-refractivity contribution in [3.63, 3.8) is 0 Å². The molecule has 0 N–H and O–H groups in total. The molecule has 1 saturated heterocycles. The van der Waals surface area contributed by atoms with E-state index in [-0.39, 0.29) is 6.03 Å². The molecule has 98 valence electrons. The van der Waals surface area contributed by atoms with Crippen LogP contribution in [0.25, 0.3) is 0 Å². The first kappa shape index (κ1) is 11.5. The number of carbonyl (C=O) groups is 1. The van der Waals surface area contributed by atoms with Crippen LogP contribution in [-0.2, 0) is 13.1 Å². The summed E-state index contributed by atoms with van der Waals surface area (Å²) in [4.78, 5) is 16.3. The van der Waals surface area contributed by atoms with Crippen LogP contribution in [0.15, 0.2) is 6.33 Å². The second-order valence-electron chi connectivity index (χ2n) is 5.05. The van der Waals surface area contributed by atoms with E-state index in [0.717, 1.165) is 44.8 Å². The number of fused-ring (bicyclic) bond motifs is 1. The maximum Gasteiger partial charge on any atom is 0.320 e. The first-order chi connectivity index (χ1) is 8.84. The van der Waals surface area contributed by atoms with Crippen LogP contribution in [0.3, 0.4) is 0 Å². The topological polar surface area (TPSA) is 54.3 Å².